The molecule has 5 heteroatoms. The van der Waals surface area contributed by atoms with Crippen LogP contribution in [0.5, 0.6) is 0 Å². The summed E-state index contributed by atoms with van der Waals surface area (Å²) in [5, 5.41) is 8.02. The minimum Gasteiger partial charge on any atom is -0.389 e. The molecule has 0 aliphatic heterocycles. The molecule has 0 amide bonds. The molecule has 1 unspecified atom stereocenters. The van der Waals surface area contributed by atoms with Crippen molar-refractivity contribution in [2.75, 3.05) is 5.32 Å². The van der Waals surface area contributed by atoms with Crippen molar-refractivity contribution in [3.05, 3.63) is 46.6 Å². The zero-order valence-electron chi connectivity index (χ0n) is 12.4. The molecule has 1 aliphatic carbocycles. The first-order valence-corrected chi connectivity index (χ1v) is 7.64. The van der Waals surface area contributed by atoms with Crippen molar-refractivity contribution in [2.45, 2.75) is 32.2 Å². The predicted octanol–water partition coefficient (Wildman–Crippen LogP) is 2.33. The van der Waals surface area contributed by atoms with E-state index < -0.39 is 0 Å². The van der Waals surface area contributed by atoms with E-state index in [1.54, 1.807) is 0 Å². The Kier molecular flexibility index (Phi) is 3.68. The van der Waals surface area contributed by atoms with E-state index in [1.807, 2.05) is 18.7 Å². The third kappa shape index (κ3) is 2.65. The van der Waals surface area contributed by atoms with Gasteiger partial charge in [-0.3, -0.25) is 4.68 Å². The van der Waals surface area contributed by atoms with Crippen LogP contribution in [0.1, 0.15) is 28.8 Å². The van der Waals surface area contributed by atoms with Crippen LogP contribution >= 0.6 is 12.2 Å². The first-order valence-electron chi connectivity index (χ1n) is 7.23. The van der Waals surface area contributed by atoms with E-state index in [0.29, 0.717) is 11.0 Å². The highest BCUT2D eigenvalue weighted by Gasteiger charge is 2.22. The minimum atomic E-state index is 0.391. The van der Waals surface area contributed by atoms with Gasteiger partial charge in [0.05, 0.1) is 11.3 Å². The molecule has 2 aromatic rings. The molecule has 1 atom stereocenters. The van der Waals surface area contributed by atoms with E-state index in [1.165, 1.54) is 11.1 Å². The summed E-state index contributed by atoms with van der Waals surface area (Å²) in [5.74, 6) is 0.935. The Balaban J connectivity index is 1.84. The number of hydrogen-bond acceptors (Lipinski definition) is 3. The molecule has 1 aliphatic rings. The van der Waals surface area contributed by atoms with Crippen LogP contribution in [0.15, 0.2) is 24.3 Å². The molecular formula is C16H20N4S. The summed E-state index contributed by atoms with van der Waals surface area (Å²) in [6.07, 6.45) is 3.24. The summed E-state index contributed by atoms with van der Waals surface area (Å²) >= 11 is 5.17. The molecule has 0 saturated carbocycles. The second-order valence-electron chi connectivity index (χ2n) is 5.65. The molecule has 21 heavy (non-hydrogen) atoms. The molecule has 0 fully saturated rings. The largest absolute Gasteiger partial charge is 0.389 e. The van der Waals surface area contributed by atoms with E-state index in [-0.39, 0.29) is 0 Å². The number of nitrogens with two attached hydrogens (primary N) is 1. The van der Waals surface area contributed by atoms with Crippen molar-refractivity contribution in [1.29, 1.82) is 0 Å². The van der Waals surface area contributed by atoms with E-state index in [9.17, 15) is 0 Å². The molecule has 4 nitrogen and oxygen atoms in total. The summed E-state index contributed by atoms with van der Waals surface area (Å²) in [7, 11) is 1.92. The monoisotopic (exact) mass is 300 g/mol. The zero-order chi connectivity index (χ0) is 15.0. The van der Waals surface area contributed by atoms with Gasteiger partial charge in [0, 0.05) is 13.1 Å². The first-order chi connectivity index (χ1) is 10.1. The Morgan fingerprint density at radius 2 is 2.10 bits per heavy atom. The van der Waals surface area contributed by atoms with Crippen LogP contribution in [0, 0.1) is 6.92 Å². The quantitative estimate of drug-likeness (QED) is 0.854. The van der Waals surface area contributed by atoms with Crippen molar-refractivity contribution in [3.63, 3.8) is 0 Å². The zero-order valence-corrected chi connectivity index (χ0v) is 13.2. The van der Waals surface area contributed by atoms with Gasteiger partial charge in [0.25, 0.3) is 0 Å². The molecule has 3 rings (SSSR count). The Bertz CT molecular complexity index is 690. The highest BCUT2D eigenvalue weighted by Crippen LogP contribution is 2.26. The van der Waals surface area contributed by atoms with Crippen LogP contribution in [0.2, 0.25) is 0 Å². The standard InChI is InChI=1S/C16H20N4S/c1-10-14(15(17)21)16(20(2)19-10)18-13-8-7-11-5-3-4-6-12(11)9-13/h3-6,13,18H,7-9H2,1-2H3,(H2,17,21). The fraction of sp³-hybridized carbons (Fsp3) is 0.375. The van der Waals surface area contributed by atoms with Crippen molar-refractivity contribution >= 4 is 23.0 Å². The number of rotatable bonds is 3. The van der Waals surface area contributed by atoms with Gasteiger partial charge in [0.1, 0.15) is 10.8 Å². The maximum absolute atomic E-state index is 5.85. The van der Waals surface area contributed by atoms with Crippen LogP contribution in [0.25, 0.3) is 0 Å². The summed E-state index contributed by atoms with van der Waals surface area (Å²) in [4.78, 5) is 0.402. The number of aryl methyl sites for hydroxylation is 3. The molecule has 1 heterocycles. The molecule has 110 valence electrons. The third-order valence-corrected chi connectivity index (χ3v) is 4.36. The lowest BCUT2D eigenvalue weighted by Crippen LogP contribution is -2.29. The Labute approximate surface area is 130 Å². The van der Waals surface area contributed by atoms with E-state index >= 15 is 0 Å². The number of benzene rings is 1. The third-order valence-electron chi connectivity index (χ3n) is 4.16. The van der Waals surface area contributed by atoms with Crippen LogP contribution < -0.4 is 11.1 Å². The Hall–Kier alpha value is -1.88. The summed E-state index contributed by atoms with van der Waals surface area (Å²) in [6, 6.07) is 9.05. The highest BCUT2D eigenvalue weighted by molar-refractivity contribution is 7.80. The fourth-order valence-electron chi connectivity index (χ4n) is 3.13. The van der Waals surface area contributed by atoms with Crippen LogP contribution in [-0.4, -0.2) is 20.8 Å². The van der Waals surface area contributed by atoms with Crippen LogP contribution in [0.3, 0.4) is 0 Å². The summed E-state index contributed by atoms with van der Waals surface area (Å²) < 4.78 is 1.84. The second-order valence-corrected chi connectivity index (χ2v) is 6.09. The topological polar surface area (TPSA) is 55.9 Å². The first kappa shape index (κ1) is 14.1. The second kappa shape index (κ2) is 5.48. The highest BCUT2D eigenvalue weighted by atomic mass is 32.1. The molecule has 3 N–H and O–H groups in total. The van der Waals surface area contributed by atoms with Gasteiger partial charge < -0.3 is 11.1 Å². The van der Waals surface area contributed by atoms with E-state index in [2.05, 4.69) is 34.7 Å². The average molecular weight is 300 g/mol. The fourth-order valence-corrected chi connectivity index (χ4v) is 3.38. The van der Waals surface area contributed by atoms with Gasteiger partial charge in [0.2, 0.25) is 0 Å². The number of fused-ring (bicyclic) bond motifs is 1. The van der Waals surface area contributed by atoms with Crippen molar-refractivity contribution in [1.82, 2.24) is 9.78 Å². The molecule has 0 saturated heterocycles. The number of nitrogens with zero attached hydrogens (tertiary/aromatic N) is 2. The molecule has 0 bridgehead atoms. The smallest absolute Gasteiger partial charge is 0.134 e. The molecule has 0 radical (unpaired) electrons. The number of hydrogen-bond donors (Lipinski definition) is 2. The Morgan fingerprint density at radius 3 is 2.81 bits per heavy atom. The normalized spacial score (nSPS) is 17.3. The number of aromatic nitrogens is 2. The molecule has 1 aromatic carbocycles. The minimum absolute atomic E-state index is 0.391. The molecule has 1 aromatic heterocycles. The lowest BCUT2D eigenvalue weighted by molar-refractivity contribution is 0.601. The summed E-state index contributed by atoms with van der Waals surface area (Å²) in [6.45, 7) is 1.94. The van der Waals surface area contributed by atoms with Crippen molar-refractivity contribution in [3.8, 4) is 0 Å². The van der Waals surface area contributed by atoms with E-state index in [0.717, 1.165) is 36.3 Å². The van der Waals surface area contributed by atoms with E-state index in [4.69, 9.17) is 18.0 Å². The Morgan fingerprint density at radius 1 is 1.38 bits per heavy atom. The van der Waals surface area contributed by atoms with Gasteiger partial charge in [-0.2, -0.15) is 5.10 Å². The average Bonchev–Trinajstić information content (AvgIpc) is 2.73. The van der Waals surface area contributed by atoms with Gasteiger partial charge in [0.15, 0.2) is 0 Å². The van der Waals surface area contributed by atoms with Gasteiger partial charge in [-0.25, -0.2) is 0 Å². The summed E-state index contributed by atoms with van der Waals surface area (Å²) in [5.41, 5.74) is 10.5. The van der Waals surface area contributed by atoms with Gasteiger partial charge in [-0.05, 0) is 37.3 Å². The van der Waals surface area contributed by atoms with Gasteiger partial charge in [-0.1, -0.05) is 36.5 Å². The van der Waals surface area contributed by atoms with Crippen LogP contribution in [0.4, 0.5) is 5.82 Å². The SMILES string of the molecule is Cc1nn(C)c(NC2CCc3ccccc3C2)c1C(N)=S. The molecular weight excluding hydrogens is 280 g/mol. The van der Waals surface area contributed by atoms with Gasteiger partial charge >= 0.3 is 0 Å². The maximum atomic E-state index is 5.85. The number of nitrogens with one attached hydrogen (secondary N) is 1. The van der Waals surface area contributed by atoms with Crippen molar-refractivity contribution < 1.29 is 0 Å². The maximum Gasteiger partial charge on any atom is 0.134 e. The lowest BCUT2D eigenvalue weighted by Gasteiger charge is -2.26. The number of thiocarbonyl (C=S) groups is 1. The lowest BCUT2D eigenvalue weighted by atomic mass is 9.88. The van der Waals surface area contributed by atoms with Crippen molar-refractivity contribution in [2.24, 2.45) is 12.8 Å². The molecule has 0 spiro atoms. The van der Waals surface area contributed by atoms with Gasteiger partial charge in [-0.15, -0.1) is 0 Å². The van der Waals surface area contributed by atoms with Crippen LogP contribution in [-0.2, 0) is 19.9 Å². The number of anilines is 1. The predicted molar refractivity (Wildman–Crippen MR) is 89.7 cm³/mol.